The second kappa shape index (κ2) is 8.94. The Labute approximate surface area is 177 Å². The standard InChI is InChI=1S/C19H19F2N3O6S/c1-2-30-17-7-6-13(12-16(17)24(26)27)19(25)22-8-10-23(11-9-22)31(28,29)18-14(20)4-3-5-15(18)21/h3-7,12H,2,8-11H2,1H3. The van der Waals surface area contributed by atoms with E-state index in [1.807, 2.05) is 0 Å². The number of piperazine rings is 1. The van der Waals surface area contributed by atoms with Gasteiger partial charge in [-0.05, 0) is 31.2 Å². The highest BCUT2D eigenvalue weighted by Crippen LogP contribution is 2.29. The van der Waals surface area contributed by atoms with Crippen LogP contribution in [-0.2, 0) is 10.0 Å². The molecule has 0 saturated carbocycles. The number of halogens is 2. The van der Waals surface area contributed by atoms with Crippen LogP contribution in [0.25, 0.3) is 0 Å². The maximum Gasteiger partial charge on any atom is 0.311 e. The van der Waals surface area contributed by atoms with E-state index >= 15 is 0 Å². The van der Waals surface area contributed by atoms with E-state index in [0.717, 1.165) is 28.6 Å². The number of hydrogen-bond donors (Lipinski definition) is 0. The molecule has 2 aromatic carbocycles. The van der Waals surface area contributed by atoms with Gasteiger partial charge in [0.1, 0.15) is 11.6 Å². The molecule has 0 bridgehead atoms. The summed E-state index contributed by atoms with van der Waals surface area (Å²) in [6.07, 6.45) is 0. The Morgan fingerprint density at radius 2 is 1.74 bits per heavy atom. The van der Waals surface area contributed by atoms with Gasteiger partial charge in [0, 0.05) is 37.8 Å². The number of carbonyl (C=O) groups is 1. The Balaban J connectivity index is 1.76. The summed E-state index contributed by atoms with van der Waals surface area (Å²) >= 11 is 0. The lowest BCUT2D eigenvalue weighted by atomic mass is 10.1. The highest BCUT2D eigenvalue weighted by molar-refractivity contribution is 7.89. The molecule has 2 aromatic rings. The zero-order valence-electron chi connectivity index (χ0n) is 16.5. The van der Waals surface area contributed by atoms with Crippen molar-refractivity contribution in [1.29, 1.82) is 0 Å². The van der Waals surface area contributed by atoms with Gasteiger partial charge in [0.05, 0.1) is 11.5 Å². The van der Waals surface area contributed by atoms with Crippen LogP contribution in [0.15, 0.2) is 41.3 Å². The fraction of sp³-hybridized carbons (Fsp3) is 0.316. The molecule has 1 saturated heterocycles. The molecule has 166 valence electrons. The average Bonchev–Trinajstić information content (AvgIpc) is 2.73. The second-order valence-electron chi connectivity index (χ2n) is 6.62. The van der Waals surface area contributed by atoms with E-state index in [0.29, 0.717) is 0 Å². The second-order valence-corrected chi connectivity index (χ2v) is 8.49. The summed E-state index contributed by atoms with van der Waals surface area (Å²) < 4.78 is 59.3. The number of amides is 1. The van der Waals surface area contributed by atoms with Crippen molar-refractivity contribution in [2.24, 2.45) is 0 Å². The monoisotopic (exact) mass is 455 g/mol. The first-order valence-corrected chi connectivity index (χ1v) is 10.8. The number of ether oxygens (including phenoxy) is 1. The lowest BCUT2D eigenvalue weighted by Crippen LogP contribution is -2.50. The number of nitro groups is 1. The molecule has 0 radical (unpaired) electrons. The minimum Gasteiger partial charge on any atom is -0.487 e. The van der Waals surface area contributed by atoms with Crippen LogP contribution >= 0.6 is 0 Å². The van der Waals surface area contributed by atoms with Crippen molar-refractivity contribution in [3.05, 3.63) is 63.7 Å². The number of nitrogens with zero attached hydrogens (tertiary/aromatic N) is 3. The van der Waals surface area contributed by atoms with Crippen LogP contribution in [0.4, 0.5) is 14.5 Å². The van der Waals surface area contributed by atoms with Gasteiger partial charge in [0.15, 0.2) is 10.6 Å². The molecule has 1 fully saturated rings. The van der Waals surface area contributed by atoms with E-state index in [4.69, 9.17) is 4.74 Å². The number of nitro benzene ring substituents is 1. The topological polar surface area (TPSA) is 110 Å². The third-order valence-corrected chi connectivity index (χ3v) is 6.70. The molecule has 0 unspecified atom stereocenters. The minimum atomic E-state index is -4.43. The molecule has 31 heavy (non-hydrogen) atoms. The molecule has 1 heterocycles. The normalized spacial score (nSPS) is 15.0. The zero-order chi connectivity index (χ0) is 22.8. The van der Waals surface area contributed by atoms with Crippen molar-refractivity contribution >= 4 is 21.6 Å². The van der Waals surface area contributed by atoms with E-state index in [1.165, 1.54) is 17.0 Å². The molecule has 1 aliphatic rings. The first kappa shape index (κ1) is 22.6. The lowest BCUT2D eigenvalue weighted by molar-refractivity contribution is -0.385. The summed E-state index contributed by atoms with van der Waals surface area (Å²) in [4.78, 5) is 23.6. The summed E-state index contributed by atoms with van der Waals surface area (Å²) in [5, 5.41) is 11.3. The van der Waals surface area contributed by atoms with Crippen molar-refractivity contribution in [3.8, 4) is 5.75 Å². The van der Waals surface area contributed by atoms with Gasteiger partial charge >= 0.3 is 5.69 Å². The van der Waals surface area contributed by atoms with Crippen molar-refractivity contribution in [1.82, 2.24) is 9.21 Å². The number of rotatable bonds is 6. The average molecular weight is 455 g/mol. The number of sulfonamides is 1. The molecule has 0 atom stereocenters. The van der Waals surface area contributed by atoms with Crippen LogP contribution in [0.2, 0.25) is 0 Å². The van der Waals surface area contributed by atoms with Crippen molar-refractivity contribution in [2.75, 3.05) is 32.8 Å². The van der Waals surface area contributed by atoms with Crippen LogP contribution in [0.3, 0.4) is 0 Å². The van der Waals surface area contributed by atoms with Crippen LogP contribution in [-0.4, -0.2) is 61.2 Å². The SMILES string of the molecule is CCOc1ccc(C(=O)N2CCN(S(=O)(=O)c3c(F)cccc3F)CC2)cc1[N+](=O)[O-]. The minimum absolute atomic E-state index is 0.0341. The third kappa shape index (κ3) is 4.49. The van der Waals surface area contributed by atoms with E-state index < -0.39 is 37.4 Å². The Morgan fingerprint density at radius 3 is 2.29 bits per heavy atom. The Morgan fingerprint density at radius 1 is 1.13 bits per heavy atom. The largest absolute Gasteiger partial charge is 0.487 e. The summed E-state index contributed by atoms with van der Waals surface area (Å²) in [5.74, 6) is -2.88. The summed E-state index contributed by atoms with van der Waals surface area (Å²) in [5.41, 5.74) is -0.310. The molecule has 1 amide bonds. The van der Waals surface area contributed by atoms with Gasteiger partial charge in [-0.15, -0.1) is 0 Å². The maximum absolute atomic E-state index is 13.9. The number of carbonyl (C=O) groups excluding carboxylic acids is 1. The van der Waals surface area contributed by atoms with Crippen molar-refractivity contribution in [2.45, 2.75) is 11.8 Å². The van der Waals surface area contributed by atoms with Gasteiger partial charge in [-0.3, -0.25) is 14.9 Å². The van der Waals surface area contributed by atoms with Crippen LogP contribution in [0, 0.1) is 21.7 Å². The molecule has 0 spiro atoms. The molecular formula is C19H19F2N3O6S. The number of benzene rings is 2. The summed E-state index contributed by atoms with van der Waals surface area (Å²) in [7, 11) is -4.43. The quantitative estimate of drug-likeness (QED) is 0.489. The van der Waals surface area contributed by atoms with Gasteiger partial charge in [0.25, 0.3) is 5.91 Å². The maximum atomic E-state index is 13.9. The van der Waals surface area contributed by atoms with Gasteiger partial charge in [0.2, 0.25) is 10.0 Å². The van der Waals surface area contributed by atoms with Gasteiger partial charge in [-0.1, -0.05) is 6.07 Å². The van der Waals surface area contributed by atoms with E-state index in [1.54, 1.807) is 6.92 Å². The molecule has 9 nitrogen and oxygen atoms in total. The zero-order valence-corrected chi connectivity index (χ0v) is 17.3. The highest BCUT2D eigenvalue weighted by Gasteiger charge is 2.34. The fourth-order valence-electron chi connectivity index (χ4n) is 3.24. The molecular weight excluding hydrogens is 436 g/mol. The Kier molecular flexibility index (Phi) is 6.51. The summed E-state index contributed by atoms with van der Waals surface area (Å²) in [6, 6.07) is 6.60. The first-order chi connectivity index (χ1) is 14.7. The van der Waals surface area contributed by atoms with Crippen molar-refractivity contribution in [3.63, 3.8) is 0 Å². The fourth-order valence-corrected chi connectivity index (χ4v) is 4.77. The molecule has 0 N–H and O–H groups in total. The van der Waals surface area contributed by atoms with Gasteiger partial charge in [-0.25, -0.2) is 17.2 Å². The van der Waals surface area contributed by atoms with Crippen molar-refractivity contribution < 1.29 is 31.7 Å². The number of hydrogen-bond acceptors (Lipinski definition) is 6. The third-order valence-electron chi connectivity index (χ3n) is 4.75. The first-order valence-electron chi connectivity index (χ1n) is 9.31. The molecule has 12 heteroatoms. The van der Waals surface area contributed by atoms with E-state index in [2.05, 4.69) is 0 Å². The van der Waals surface area contributed by atoms with Crippen LogP contribution in [0.1, 0.15) is 17.3 Å². The van der Waals surface area contributed by atoms with E-state index in [9.17, 15) is 32.1 Å². The summed E-state index contributed by atoms with van der Waals surface area (Å²) in [6.45, 7) is 1.43. The highest BCUT2D eigenvalue weighted by atomic mass is 32.2. The Bertz CT molecular complexity index is 1100. The predicted molar refractivity (Wildman–Crippen MR) is 105 cm³/mol. The van der Waals surface area contributed by atoms with Crippen LogP contribution in [0.5, 0.6) is 5.75 Å². The Hall–Kier alpha value is -3.12. The van der Waals surface area contributed by atoms with Gasteiger partial charge in [-0.2, -0.15) is 4.31 Å². The predicted octanol–water partition coefficient (Wildman–Crippen LogP) is 2.42. The molecule has 1 aliphatic heterocycles. The smallest absolute Gasteiger partial charge is 0.311 e. The van der Waals surface area contributed by atoms with E-state index in [-0.39, 0.29) is 49.8 Å². The molecule has 0 aromatic heterocycles. The van der Waals surface area contributed by atoms with Gasteiger partial charge < -0.3 is 9.64 Å². The molecule has 3 rings (SSSR count). The van der Waals surface area contributed by atoms with Crippen LogP contribution < -0.4 is 4.74 Å². The lowest BCUT2D eigenvalue weighted by Gasteiger charge is -2.34. The molecule has 0 aliphatic carbocycles.